The maximum absolute atomic E-state index is 13.4. The number of hydrogen-bond acceptors (Lipinski definition) is 4. The molecule has 0 saturated carbocycles. The number of anilines is 1. The molecular formula is C14H16FN3O2S. The van der Waals surface area contributed by atoms with Crippen molar-refractivity contribution < 1.29 is 12.8 Å². The molecule has 0 radical (unpaired) electrons. The summed E-state index contributed by atoms with van der Waals surface area (Å²) in [5.74, 6) is 4.88. The molecule has 112 valence electrons. The van der Waals surface area contributed by atoms with Gasteiger partial charge >= 0.3 is 0 Å². The lowest BCUT2D eigenvalue weighted by Gasteiger charge is -2.08. The molecule has 0 unspecified atom stereocenters. The van der Waals surface area contributed by atoms with Crippen molar-refractivity contribution in [1.29, 1.82) is 0 Å². The van der Waals surface area contributed by atoms with Crippen LogP contribution in [0.25, 0.3) is 0 Å². The Hall–Kier alpha value is -1.96. The SMILES string of the molecule is NNc1ccc(S(=O)(=O)NCCc2ccccc2F)cc1. The summed E-state index contributed by atoms with van der Waals surface area (Å²) in [7, 11) is -3.61. The van der Waals surface area contributed by atoms with Crippen LogP contribution in [0.4, 0.5) is 10.1 Å². The zero-order valence-corrected chi connectivity index (χ0v) is 12.0. The Balaban J connectivity index is 1.99. The second-order valence-electron chi connectivity index (χ2n) is 4.41. The van der Waals surface area contributed by atoms with E-state index < -0.39 is 10.0 Å². The molecule has 21 heavy (non-hydrogen) atoms. The molecule has 0 atom stereocenters. The van der Waals surface area contributed by atoms with Crippen LogP contribution in [0.1, 0.15) is 5.56 Å². The van der Waals surface area contributed by atoms with Crippen molar-refractivity contribution in [2.75, 3.05) is 12.0 Å². The van der Waals surface area contributed by atoms with Gasteiger partial charge in [0.25, 0.3) is 0 Å². The van der Waals surface area contributed by atoms with E-state index in [1.807, 2.05) is 0 Å². The highest BCUT2D eigenvalue weighted by atomic mass is 32.2. The Labute approximate surface area is 123 Å². The molecule has 0 saturated heterocycles. The summed E-state index contributed by atoms with van der Waals surface area (Å²) in [6.07, 6.45) is 0.286. The Morgan fingerprint density at radius 3 is 2.33 bits per heavy atom. The molecule has 2 rings (SSSR count). The lowest BCUT2D eigenvalue weighted by atomic mass is 10.1. The van der Waals surface area contributed by atoms with Gasteiger partial charge in [0.2, 0.25) is 10.0 Å². The second-order valence-corrected chi connectivity index (χ2v) is 6.17. The molecule has 0 amide bonds. The summed E-state index contributed by atoms with van der Waals surface area (Å²) >= 11 is 0. The van der Waals surface area contributed by atoms with Crippen molar-refractivity contribution in [2.24, 2.45) is 5.84 Å². The Morgan fingerprint density at radius 2 is 1.71 bits per heavy atom. The molecule has 5 nitrogen and oxygen atoms in total. The number of rotatable bonds is 6. The van der Waals surface area contributed by atoms with Crippen molar-refractivity contribution in [3.8, 4) is 0 Å². The zero-order chi connectivity index (χ0) is 15.3. The van der Waals surface area contributed by atoms with E-state index in [0.717, 1.165) is 0 Å². The van der Waals surface area contributed by atoms with E-state index in [2.05, 4.69) is 10.1 Å². The number of sulfonamides is 1. The third-order valence-electron chi connectivity index (χ3n) is 2.98. The molecule has 0 aliphatic rings. The third kappa shape index (κ3) is 4.01. The van der Waals surface area contributed by atoms with Gasteiger partial charge < -0.3 is 5.43 Å². The summed E-state index contributed by atoms with van der Waals surface area (Å²) in [6, 6.07) is 12.3. The van der Waals surface area contributed by atoms with Gasteiger partial charge in [-0.2, -0.15) is 0 Å². The van der Waals surface area contributed by atoms with Gasteiger partial charge in [0, 0.05) is 12.2 Å². The smallest absolute Gasteiger partial charge is 0.240 e. The van der Waals surface area contributed by atoms with Crippen molar-refractivity contribution in [3.63, 3.8) is 0 Å². The lowest BCUT2D eigenvalue weighted by molar-refractivity contribution is 0.577. The first-order chi connectivity index (χ1) is 10.0. The number of halogens is 1. The molecule has 4 N–H and O–H groups in total. The predicted octanol–water partition coefficient (Wildman–Crippen LogP) is 1.63. The Kier molecular flexibility index (Phi) is 4.89. The average molecular weight is 309 g/mol. The zero-order valence-electron chi connectivity index (χ0n) is 11.2. The number of nitrogens with one attached hydrogen (secondary N) is 2. The summed E-state index contributed by atoms with van der Waals surface area (Å²) in [4.78, 5) is 0.134. The molecule has 0 aromatic heterocycles. The third-order valence-corrected chi connectivity index (χ3v) is 4.45. The average Bonchev–Trinajstić information content (AvgIpc) is 2.49. The van der Waals surface area contributed by atoms with E-state index >= 15 is 0 Å². The minimum absolute atomic E-state index is 0.125. The van der Waals surface area contributed by atoms with E-state index in [4.69, 9.17) is 5.84 Å². The monoisotopic (exact) mass is 309 g/mol. The van der Waals surface area contributed by atoms with Crippen LogP contribution >= 0.6 is 0 Å². The van der Waals surface area contributed by atoms with E-state index in [9.17, 15) is 12.8 Å². The normalized spacial score (nSPS) is 11.3. The predicted molar refractivity (Wildman–Crippen MR) is 79.5 cm³/mol. The van der Waals surface area contributed by atoms with Crippen molar-refractivity contribution >= 4 is 15.7 Å². The van der Waals surface area contributed by atoms with Gasteiger partial charge in [0.1, 0.15) is 5.82 Å². The highest BCUT2D eigenvalue weighted by molar-refractivity contribution is 7.89. The molecule has 0 fully saturated rings. The van der Waals surface area contributed by atoms with E-state index in [0.29, 0.717) is 11.3 Å². The number of hydrazine groups is 1. The van der Waals surface area contributed by atoms with E-state index in [1.165, 1.54) is 18.2 Å². The highest BCUT2D eigenvalue weighted by Gasteiger charge is 2.13. The quantitative estimate of drug-likeness (QED) is 0.559. The summed E-state index contributed by atoms with van der Waals surface area (Å²) < 4.78 is 40.0. The van der Waals surface area contributed by atoms with Gasteiger partial charge in [-0.25, -0.2) is 17.5 Å². The van der Waals surface area contributed by atoms with Crippen LogP contribution in [0.2, 0.25) is 0 Å². The minimum Gasteiger partial charge on any atom is -0.324 e. The maximum Gasteiger partial charge on any atom is 0.240 e. The van der Waals surface area contributed by atoms with Gasteiger partial charge in [-0.05, 0) is 42.3 Å². The van der Waals surface area contributed by atoms with Crippen LogP contribution in [0.5, 0.6) is 0 Å². The largest absolute Gasteiger partial charge is 0.324 e. The van der Waals surface area contributed by atoms with Crippen LogP contribution in [-0.2, 0) is 16.4 Å². The summed E-state index contributed by atoms with van der Waals surface area (Å²) in [5, 5.41) is 0. The fourth-order valence-electron chi connectivity index (χ4n) is 1.83. The van der Waals surface area contributed by atoms with Gasteiger partial charge in [-0.3, -0.25) is 5.84 Å². The molecule has 2 aromatic rings. The maximum atomic E-state index is 13.4. The van der Waals surface area contributed by atoms with Gasteiger partial charge in [-0.15, -0.1) is 0 Å². The van der Waals surface area contributed by atoms with Crippen LogP contribution in [-0.4, -0.2) is 15.0 Å². The van der Waals surface area contributed by atoms with Crippen molar-refractivity contribution in [2.45, 2.75) is 11.3 Å². The van der Waals surface area contributed by atoms with Gasteiger partial charge in [-0.1, -0.05) is 18.2 Å². The van der Waals surface area contributed by atoms with Crippen LogP contribution in [0.3, 0.4) is 0 Å². The first kappa shape index (κ1) is 15.4. The van der Waals surface area contributed by atoms with Gasteiger partial charge in [0.15, 0.2) is 0 Å². The Bertz CT molecular complexity index is 702. The molecule has 0 heterocycles. The fourth-order valence-corrected chi connectivity index (χ4v) is 2.87. The molecule has 0 aliphatic heterocycles. The Morgan fingerprint density at radius 1 is 1.05 bits per heavy atom. The topological polar surface area (TPSA) is 84.2 Å². The lowest BCUT2D eigenvalue weighted by Crippen LogP contribution is -2.26. The molecule has 0 bridgehead atoms. The standard InChI is InChI=1S/C14H16FN3O2S/c15-14-4-2-1-3-11(14)9-10-17-21(19,20)13-7-5-12(18-16)6-8-13/h1-8,17-18H,9-10,16H2. The van der Waals surface area contributed by atoms with Gasteiger partial charge in [0.05, 0.1) is 4.90 Å². The number of nitrogen functional groups attached to an aromatic ring is 1. The summed E-state index contributed by atoms with van der Waals surface area (Å²) in [5.41, 5.74) is 3.51. The van der Waals surface area contributed by atoms with Crippen LogP contribution < -0.4 is 16.0 Å². The first-order valence-electron chi connectivity index (χ1n) is 6.33. The minimum atomic E-state index is -3.61. The highest BCUT2D eigenvalue weighted by Crippen LogP contribution is 2.13. The van der Waals surface area contributed by atoms with Crippen molar-refractivity contribution in [3.05, 3.63) is 59.9 Å². The second kappa shape index (κ2) is 6.66. The molecule has 0 aliphatic carbocycles. The van der Waals surface area contributed by atoms with Crippen LogP contribution in [0.15, 0.2) is 53.4 Å². The molecule has 2 aromatic carbocycles. The molecular weight excluding hydrogens is 293 g/mol. The molecule has 7 heteroatoms. The fraction of sp³-hybridized carbons (Fsp3) is 0.143. The van der Waals surface area contributed by atoms with E-state index in [-0.39, 0.29) is 23.7 Å². The van der Waals surface area contributed by atoms with Crippen LogP contribution in [0, 0.1) is 5.82 Å². The van der Waals surface area contributed by atoms with Crippen molar-refractivity contribution in [1.82, 2.24) is 4.72 Å². The summed E-state index contributed by atoms with van der Waals surface area (Å²) in [6.45, 7) is 0.125. The number of benzene rings is 2. The molecule has 0 spiro atoms. The van der Waals surface area contributed by atoms with E-state index in [1.54, 1.807) is 30.3 Å². The number of nitrogens with two attached hydrogens (primary N) is 1. The first-order valence-corrected chi connectivity index (χ1v) is 7.81. The number of hydrogen-bond donors (Lipinski definition) is 3.